The van der Waals surface area contributed by atoms with Gasteiger partial charge >= 0.3 is 0 Å². The molecule has 1 fully saturated rings. The van der Waals surface area contributed by atoms with Crippen LogP contribution in [0, 0.1) is 0 Å². The van der Waals surface area contributed by atoms with Crippen LogP contribution in [0.3, 0.4) is 0 Å². The number of nitrogen functional groups attached to an aromatic ring is 1. The number of carbonyl (C=O) groups excluding carboxylic acids is 2. The number of carbonyl (C=O) groups is 2. The normalized spacial score (nSPS) is 15.1. The lowest BCUT2D eigenvalue weighted by Gasteiger charge is -2.25. The summed E-state index contributed by atoms with van der Waals surface area (Å²) >= 11 is 0. The molecule has 2 aromatic carbocycles. The molecule has 1 aliphatic carbocycles. The Morgan fingerprint density at radius 3 is 2.28 bits per heavy atom. The third-order valence-electron chi connectivity index (χ3n) is 5.93. The van der Waals surface area contributed by atoms with Crippen LogP contribution in [0.15, 0.2) is 54.9 Å². The number of benzene rings is 2. The van der Waals surface area contributed by atoms with Crippen LogP contribution in [0.25, 0.3) is 21.7 Å². The second-order valence-electron chi connectivity index (χ2n) is 9.55. The molecular weight excluding hydrogens is 402 g/mol. The largest absolute Gasteiger partial charge is 0.368 e. The Morgan fingerprint density at radius 2 is 1.69 bits per heavy atom. The number of amides is 1. The van der Waals surface area contributed by atoms with Crippen LogP contribution < -0.4 is 11.1 Å². The van der Waals surface area contributed by atoms with Crippen molar-refractivity contribution in [3.8, 4) is 0 Å². The fourth-order valence-electron chi connectivity index (χ4n) is 4.16. The van der Waals surface area contributed by atoms with Crippen molar-refractivity contribution in [1.29, 1.82) is 0 Å². The van der Waals surface area contributed by atoms with Gasteiger partial charge in [-0.3, -0.25) is 14.2 Å². The Labute approximate surface area is 185 Å². The molecule has 0 saturated heterocycles. The Balaban J connectivity index is 1.60. The van der Waals surface area contributed by atoms with Gasteiger partial charge in [-0.15, -0.1) is 0 Å². The van der Waals surface area contributed by atoms with Crippen LogP contribution in [-0.2, 0) is 10.2 Å². The summed E-state index contributed by atoms with van der Waals surface area (Å²) in [5.74, 6) is -0.247. The molecule has 0 bridgehead atoms. The van der Waals surface area contributed by atoms with Crippen LogP contribution in [0.5, 0.6) is 0 Å². The predicted molar refractivity (Wildman–Crippen MR) is 124 cm³/mol. The van der Waals surface area contributed by atoms with E-state index in [1.807, 2.05) is 63.2 Å². The van der Waals surface area contributed by atoms with E-state index in [-0.39, 0.29) is 29.0 Å². The van der Waals surface area contributed by atoms with E-state index in [9.17, 15) is 9.59 Å². The number of anilines is 1. The summed E-state index contributed by atoms with van der Waals surface area (Å²) in [7, 11) is 0. The molecule has 32 heavy (non-hydrogen) atoms. The zero-order valence-electron chi connectivity index (χ0n) is 18.3. The number of fused-ring (bicyclic) bond motifs is 2. The fourth-order valence-corrected chi connectivity index (χ4v) is 4.16. The monoisotopic (exact) mass is 427 g/mol. The van der Waals surface area contributed by atoms with Gasteiger partial charge in [0.15, 0.2) is 0 Å². The summed E-state index contributed by atoms with van der Waals surface area (Å²) in [6.07, 6.45) is 5.10. The molecule has 5 rings (SSSR count). The molecule has 0 spiro atoms. The van der Waals surface area contributed by atoms with Gasteiger partial charge in [-0.2, -0.15) is 0 Å². The van der Waals surface area contributed by atoms with E-state index in [4.69, 9.17) is 5.73 Å². The predicted octanol–water partition coefficient (Wildman–Crippen LogP) is 3.80. The molecule has 1 amide bonds. The second kappa shape index (κ2) is 6.88. The van der Waals surface area contributed by atoms with Gasteiger partial charge in [0.25, 0.3) is 5.91 Å². The minimum atomic E-state index is -0.578. The molecule has 0 atom stereocenters. The Hall–Kier alpha value is -3.74. The standard InChI is InChI=1S/C25H25N5O2/c1-24(2,3)29-22(32)25(10-11-25)17-8-9-19-18(12-17)20(28-23(26)27-19)21(31)30-13-15-6-4-5-7-16(15)14-30/h4-9,12-14H,10-11H2,1-3H3,(H,29,32)(H2,26,27,28). The van der Waals surface area contributed by atoms with Crippen LogP contribution in [0.2, 0.25) is 0 Å². The number of hydrogen-bond acceptors (Lipinski definition) is 5. The minimum Gasteiger partial charge on any atom is -0.368 e. The SMILES string of the molecule is CC(C)(C)NC(=O)C1(c2ccc3nc(N)nc(C(=O)n4cc5ccccc5c4)c3c2)CC1. The quantitative estimate of drug-likeness (QED) is 0.518. The molecule has 3 N–H and O–H groups in total. The van der Waals surface area contributed by atoms with E-state index in [0.29, 0.717) is 10.9 Å². The van der Waals surface area contributed by atoms with E-state index >= 15 is 0 Å². The maximum absolute atomic E-state index is 13.4. The van der Waals surface area contributed by atoms with Gasteiger partial charge in [0, 0.05) is 23.3 Å². The highest BCUT2D eigenvalue weighted by atomic mass is 16.2. The van der Waals surface area contributed by atoms with Gasteiger partial charge < -0.3 is 11.1 Å². The maximum Gasteiger partial charge on any atom is 0.281 e. The second-order valence-corrected chi connectivity index (χ2v) is 9.55. The number of nitrogens with zero attached hydrogens (tertiary/aromatic N) is 3. The van der Waals surface area contributed by atoms with E-state index in [1.165, 1.54) is 4.57 Å². The van der Waals surface area contributed by atoms with E-state index in [2.05, 4.69) is 15.3 Å². The van der Waals surface area contributed by atoms with Crippen LogP contribution in [0.1, 0.15) is 49.7 Å². The highest BCUT2D eigenvalue weighted by Gasteiger charge is 2.52. The highest BCUT2D eigenvalue weighted by molar-refractivity contribution is 6.07. The van der Waals surface area contributed by atoms with E-state index in [0.717, 1.165) is 29.2 Å². The summed E-state index contributed by atoms with van der Waals surface area (Å²) in [5, 5.41) is 5.61. The molecule has 1 aliphatic rings. The summed E-state index contributed by atoms with van der Waals surface area (Å²) in [5.41, 5.74) is 6.69. The summed E-state index contributed by atoms with van der Waals surface area (Å²) in [4.78, 5) is 35.1. The molecule has 4 aromatic rings. The first-order valence-corrected chi connectivity index (χ1v) is 10.7. The molecule has 0 aliphatic heterocycles. The lowest BCUT2D eigenvalue weighted by Crippen LogP contribution is -2.46. The highest BCUT2D eigenvalue weighted by Crippen LogP contribution is 2.49. The number of nitrogens with one attached hydrogen (secondary N) is 1. The molecule has 0 radical (unpaired) electrons. The number of aromatic nitrogens is 3. The average molecular weight is 428 g/mol. The number of rotatable bonds is 3. The molecule has 2 heterocycles. The Bertz CT molecular complexity index is 1360. The van der Waals surface area contributed by atoms with Crippen molar-refractivity contribution >= 4 is 39.4 Å². The molecule has 162 valence electrons. The van der Waals surface area contributed by atoms with Crippen molar-refractivity contribution < 1.29 is 9.59 Å². The third-order valence-corrected chi connectivity index (χ3v) is 5.93. The lowest BCUT2D eigenvalue weighted by atomic mass is 9.92. The summed E-state index contributed by atoms with van der Waals surface area (Å²) < 4.78 is 1.53. The first-order valence-electron chi connectivity index (χ1n) is 10.7. The maximum atomic E-state index is 13.4. The van der Waals surface area contributed by atoms with Crippen LogP contribution >= 0.6 is 0 Å². The topological polar surface area (TPSA) is 103 Å². The molecule has 1 saturated carbocycles. The van der Waals surface area contributed by atoms with Crippen molar-refractivity contribution in [3.63, 3.8) is 0 Å². The van der Waals surface area contributed by atoms with E-state index < -0.39 is 5.41 Å². The number of hydrogen-bond donors (Lipinski definition) is 2. The number of nitrogens with two attached hydrogens (primary N) is 1. The van der Waals surface area contributed by atoms with Crippen molar-refractivity contribution in [3.05, 3.63) is 66.1 Å². The summed E-state index contributed by atoms with van der Waals surface area (Å²) in [6, 6.07) is 13.4. The minimum absolute atomic E-state index is 0.00486. The van der Waals surface area contributed by atoms with E-state index in [1.54, 1.807) is 12.4 Å². The van der Waals surface area contributed by atoms with Crippen LogP contribution in [-0.4, -0.2) is 31.9 Å². The zero-order valence-corrected chi connectivity index (χ0v) is 18.3. The van der Waals surface area contributed by atoms with Crippen molar-refractivity contribution in [2.75, 3.05) is 5.73 Å². The average Bonchev–Trinajstić information content (AvgIpc) is 3.44. The van der Waals surface area contributed by atoms with Gasteiger partial charge in [0.05, 0.1) is 10.9 Å². The lowest BCUT2D eigenvalue weighted by molar-refractivity contribution is -0.125. The van der Waals surface area contributed by atoms with Crippen molar-refractivity contribution in [1.82, 2.24) is 19.9 Å². The smallest absolute Gasteiger partial charge is 0.281 e. The van der Waals surface area contributed by atoms with Gasteiger partial charge in [0.1, 0.15) is 5.69 Å². The Morgan fingerprint density at radius 1 is 1.03 bits per heavy atom. The molecule has 7 heteroatoms. The van der Waals surface area contributed by atoms with Gasteiger partial charge in [0.2, 0.25) is 11.9 Å². The van der Waals surface area contributed by atoms with Crippen molar-refractivity contribution in [2.45, 2.75) is 44.6 Å². The third kappa shape index (κ3) is 3.39. The van der Waals surface area contributed by atoms with Gasteiger partial charge in [-0.05, 0) is 62.1 Å². The zero-order chi connectivity index (χ0) is 22.7. The van der Waals surface area contributed by atoms with Crippen LogP contribution in [0.4, 0.5) is 5.95 Å². The first-order chi connectivity index (χ1) is 15.2. The Kier molecular flexibility index (Phi) is 4.34. The fraction of sp³-hybridized carbons (Fsp3) is 0.280. The van der Waals surface area contributed by atoms with Gasteiger partial charge in [-0.25, -0.2) is 9.97 Å². The molecular formula is C25H25N5O2. The van der Waals surface area contributed by atoms with Gasteiger partial charge in [-0.1, -0.05) is 30.3 Å². The molecule has 2 aromatic heterocycles. The molecule has 0 unspecified atom stereocenters. The van der Waals surface area contributed by atoms with Crippen molar-refractivity contribution in [2.24, 2.45) is 0 Å². The molecule has 7 nitrogen and oxygen atoms in total. The first kappa shape index (κ1) is 20.2. The summed E-state index contributed by atoms with van der Waals surface area (Å²) in [6.45, 7) is 5.90.